The van der Waals surface area contributed by atoms with Crippen LogP contribution in [0, 0.1) is 25.2 Å². The summed E-state index contributed by atoms with van der Waals surface area (Å²) in [7, 11) is 0. The maximum atomic E-state index is 12.9. The zero-order chi connectivity index (χ0) is 22.1. The summed E-state index contributed by atoms with van der Waals surface area (Å²) in [5, 5.41) is 0.671. The fourth-order valence-electron chi connectivity index (χ4n) is 3.21. The summed E-state index contributed by atoms with van der Waals surface area (Å²) < 4.78 is 11.8. The highest BCUT2D eigenvalue weighted by Gasteiger charge is 2.34. The van der Waals surface area contributed by atoms with Crippen LogP contribution in [0.5, 0.6) is 11.5 Å². The molecule has 3 nitrogen and oxygen atoms in total. The van der Waals surface area contributed by atoms with Crippen LogP contribution in [0.4, 0.5) is 0 Å². The molecule has 0 spiro atoms. The number of aryl methyl sites for hydroxylation is 2. The van der Waals surface area contributed by atoms with Gasteiger partial charge in [0.25, 0.3) is 0 Å². The van der Waals surface area contributed by atoms with Crippen molar-refractivity contribution >= 4 is 33.5 Å². The van der Waals surface area contributed by atoms with Gasteiger partial charge in [-0.25, -0.2) is 0 Å². The van der Waals surface area contributed by atoms with Crippen LogP contribution in [0.25, 0.3) is 0 Å². The summed E-state index contributed by atoms with van der Waals surface area (Å²) in [4.78, 5) is 12.9. The van der Waals surface area contributed by atoms with Crippen LogP contribution >= 0.6 is 27.5 Å². The molecule has 2 rings (SSSR count). The van der Waals surface area contributed by atoms with E-state index in [-0.39, 0.29) is 11.9 Å². The lowest BCUT2D eigenvalue weighted by atomic mass is 9.80. The monoisotopic (exact) mass is 492 g/mol. The summed E-state index contributed by atoms with van der Waals surface area (Å²) >= 11 is 9.56. The van der Waals surface area contributed by atoms with E-state index in [0.717, 1.165) is 22.4 Å². The first-order valence-corrected chi connectivity index (χ1v) is 11.7. The summed E-state index contributed by atoms with van der Waals surface area (Å²) in [6.45, 7) is 8.36. The Morgan fingerprint density at radius 2 is 1.87 bits per heavy atom. The Hall–Kier alpha value is -1.78. The number of ether oxygens (including phenoxy) is 2. The fourth-order valence-corrected chi connectivity index (χ4v) is 4.10. The van der Waals surface area contributed by atoms with Gasteiger partial charge in [-0.1, -0.05) is 57.9 Å². The largest absolute Gasteiger partial charge is 0.493 e. The molecule has 30 heavy (non-hydrogen) atoms. The van der Waals surface area contributed by atoms with Gasteiger partial charge in [-0.15, -0.1) is 11.6 Å². The molecule has 0 saturated heterocycles. The molecule has 0 saturated carbocycles. The number of rotatable bonds is 10. The van der Waals surface area contributed by atoms with Crippen molar-refractivity contribution in [3.05, 3.63) is 71.3 Å². The number of carbonyl (C=O) groups excluding carboxylic acids is 1. The second kappa shape index (κ2) is 11.6. The van der Waals surface area contributed by atoms with Crippen LogP contribution < -0.4 is 9.47 Å². The molecule has 0 aromatic heterocycles. The normalized spacial score (nSPS) is 13.1. The smallest absolute Gasteiger partial charge is 0.316 e. The van der Waals surface area contributed by atoms with Gasteiger partial charge < -0.3 is 9.47 Å². The Morgan fingerprint density at radius 1 is 1.17 bits per heavy atom. The van der Waals surface area contributed by atoms with Gasteiger partial charge in [0, 0.05) is 17.1 Å². The quantitative estimate of drug-likeness (QED) is 0.157. The van der Waals surface area contributed by atoms with Gasteiger partial charge in [0.1, 0.15) is 11.5 Å². The number of hydrogen-bond donors (Lipinski definition) is 0. The highest BCUT2D eigenvalue weighted by molar-refractivity contribution is 9.09. The van der Waals surface area contributed by atoms with Crippen molar-refractivity contribution in [2.45, 2.75) is 34.1 Å². The SMILES string of the molecule is Cc1ccc(C)c(OCC(CC(C)(C)C(=O)Oc2ccccc2)C(=CCCl)CBr)c1. The predicted molar refractivity (Wildman–Crippen MR) is 128 cm³/mol. The molecule has 0 N–H and O–H groups in total. The third-order valence-corrected chi connectivity index (χ3v) is 5.87. The number of esters is 1. The van der Waals surface area contributed by atoms with Crippen molar-refractivity contribution in [1.29, 1.82) is 0 Å². The molecule has 0 amide bonds. The van der Waals surface area contributed by atoms with E-state index >= 15 is 0 Å². The number of allylic oxidation sites excluding steroid dienone is 1. The molecule has 0 fully saturated rings. The summed E-state index contributed by atoms with van der Waals surface area (Å²) in [5.41, 5.74) is 2.66. The molecule has 1 atom stereocenters. The number of carbonyl (C=O) groups is 1. The minimum absolute atomic E-state index is 0.0151. The average Bonchev–Trinajstić information content (AvgIpc) is 2.72. The Bertz CT molecular complexity index is 862. The molecule has 0 aliphatic heterocycles. The molecule has 0 aliphatic carbocycles. The molecule has 1 unspecified atom stereocenters. The third-order valence-electron chi connectivity index (χ3n) is 5.06. The van der Waals surface area contributed by atoms with E-state index in [9.17, 15) is 4.79 Å². The van der Waals surface area contributed by atoms with Gasteiger partial charge >= 0.3 is 5.97 Å². The van der Waals surface area contributed by atoms with E-state index in [2.05, 4.69) is 28.1 Å². The van der Waals surface area contributed by atoms with Crippen LogP contribution in [-0.4, -0.2) is 23.8 Å². The molecule has 2 aromatic carbocycles. The molecular weight excluding hydrogens is 464 g/mol. The Labute approximate surface area is 193 Å². The van der Waals surface area contributed by atoms with Crippen LogP contribution in [0.1, 0.15) is 31.4 Å². The third kappa shape index (κ3) is 7.17. The molecule has 0 bridgehead atoms. The summed E-state index contributed by atoms with van der Waals surface area (Å²) in [5.74, 6) is 1.59. The lowest BCUT2D eigenvalue weighted by Crippen LogP contribution is -2.33. The summed E-state index contributed by atoms with van der Waals surface area (Å²) in [6.07, 6.45) is 2.57. The van der Waals surface area contributed by atoms with Crippen molar-refractivity contribution < 1.29 is 14.3 Å². The molecule has 0 heterocycles. The van der Waals surface area contributed by atoms with E-state index < -0.39 is 5.41 Å². The first-order chi connectivity index (χ1) is 14.3. The van der Waals surface area contributed by atoms with Crippen LogP contribution in [-0.2, 0) is 4.79 Å². The van der Waals surface area contributed by atoms with Gasteiger partial charge in [-0.3, -0.25) is 4.79 Å². The van der Waals surface area contributed by atoms with E-state index in [1.807, 2.05) is 58.0 Å². The molecule has 0 aliphatic rings. The molecule has 162 valence electrons. The molecule has 0 radical (unpaired) electrons. The lowest BCUT2D eigenvalue weighted by Gasteiger charge is -2.29. The second-order valence-corrected chi connectivity index (χ2v) is 9.00. The zero-order valence-electron chi connectivity index (χ0n) is 18.1. The Balaban J connectivity index is 2.18. The van der Waals surface area contributed by atoms with E-state index in [1.54, 1.807) is 12.1 Å². The van der Waals surface area contributed by atoms with Gasteiger partial charge in [0.05, 0.1) is 12.0 Å². The number of benzene rings is 2. The average molecular weight is 494 g/mol. The second-order valence-electron chi connectivity index (χ2n) is 8.13. The molecule has 5 heteroatoms. The van der Waals surface area contributed by atoms with Crippen molar-refractivity contribution in [1.82, 2.24) is 0 Å². The first kappa shape index (κ1) is 24.5. The van der Waals surface area contributed by atoms with Crippen molar-refractivity contribution in [2.24, 2.45) is 11.3 Å². The van der Waals surface area contributed by atoms with Gasteiger partial charge in [-0.2, -0.15) is 0 Å². The standard InChI is InChI=1S/C25H30BrClO3/c1-18-10-11-19(2)23(14-18)29-17-21(20(16-26)12-13-27)15-25(3,4)24(28)30-22-8-6-5-7-9-22/h5-12,14,21H,13,15-17H2,1-4H3. The highest BCUT2D eigenvalue weighted by Crippen LogP contribution is 2.33. The van der Waals surface area contributed by atoms with Crippen molar-refractivity contribution in [3.63, 3.8) is 0 Å². The van der Waals surface area contributed by atoms with Gasteiger partial charge in [-0.05, 0) is 63.4 Å². The summed E-state index contributed by atoms with van der Waals surface area (Å²) in [6, 6.07) is 15.3. The predicted octanol–water partition coefficient (Wildman–Crippen LogP) is 6.88. The number of para-hydroxylation sites is 1. The number of halogens is 2. The topological polar surface area (TPSA) is 35.5 Å². The Morgan fingerprint density at radius 3 is 2.50 bits per heavy atom. The fraction of sp³-hybridized carbons (Fsp3) is 0.400. The molecule has 2 aromatic rings. The number of hydrogen-bond acceptors (Lipinski definition) is 3. The van der Waals surface area contributed by atoms with Crippen LogP contribution in [0.15, 0.2) is 60.2 Å². The van der Waals surface area contributed by atoms with Crippen LogP contribution in [0.2, 0.25) is 0 Å². The van der Waals surface area contributed by atoms with Gasteiger partial charge in [0.15, 0.2) is 0 Å². The minimum atomic E-state index is -0.695. The maximum absolute atomic E-state index is 12.9. The minimum Gasteiger partial charge on any atom is -0.493 e. The van der Waals surface area contributed by atoms with Crippen LogP contribution in [0.3, 0.4) is 0 Å². The lowest BCUT2D eigenvalue weighted by molar-refractivity contribution is -0.144. The van der Waals surface area contributed by atoms with Crippen molar-refractivity contribution in [3.8, 4) is 11.5 Å². The highest BCUT2D eigenvalue weighted by atomic mass is 79.9. The molecular formula is C25H30BrClO3. The van der Waals surface area contributed by atoms with E-state index in [4.69, 9.17) is 21.1 Å². The van der Waals surface area contributed by atoms with E-state index in [0.29, 0.717) is 30.0 Å². The zero-order valence-corrected chi connectivity index (χ0v) is 20.4. The van der Waals surface area contributed by atoms with Gasteiger partial charge in [0.2, 0.25) is 0 Å². The number of alkyl halides is 2. The van der Waals surface area contributed by atoms with E-state index in [1.165, 1.54) is 0 Å². The maximum Gasteiger partial charge on any atom is 0.316 e. The Kier molecular flexibility index (Phi) is 9.44. The first-order valence-electron chi connectivity index (χ1n) is 10.0. The van der Waals surface area contributed by atoms with Crippen molar-refractivity contribution in [2.75, 3.05) is 17.8 Å².